The normalized spacial score (nSPS) is 30.5. The Balaban J connectivity index is 2.28. The lowest BCUT2D eigenvalue weighted by molar-refractivity contribution is -0.111. The molecule has 0 radical (unpaired) electrons. The average Bonchev–Trinajstić information content (AvgIpc) is 2.18. The summed E-state index contributed by atoms with van der Waals surface area (Å²) >= 11 is 0. The van der Waals surface area contributed by atoms with Gasteiger partial charge in [-0.2, -0.15) is 0 Å². The molecular weight excluding hydrogens is 170 g/mol. The van der Waals surface area contributed by atoms with E-state index < -0.39 is 6.29 Å². The van der Waals surface area contributed by atoms with Crippen molar-refractivity contribution >= 4 is 0 Å². The molecule has 74 valence electrons. The monoisotopic (exact) mass is 186 g/mol. The summed E-state index contributed by atoms with van der Waals surface area (Å²) < 4.78 is 5.21. The molecule has 1 N–H and O–H groups in total. The lowest BCUT2D eigenvalue weighted by Crippen LogP contribution is -2.29. The van der Waals surface area contributed by atoms with Gasteiger partial charge >= 0.3 is 6.57 Å². The van der Waals surface area contributed by atoms with Crippen molar-refractivity contribution in [2.24, 2.45) is 5.92 Å². The lowest BCUT2D eigenvalue weighted by Gasteiger charge is -2.27. The Morgan fingerprint density at radius 3 is 2.46 bits per heavy atom. The van der Waals surface area contributed by atoms with E-state index in [9.17, 15) is 5.11 Å². The van der Waals surface area contributed by atoms with E-state index in [1.165, 1.54) is 0 Å². The molecule has 0 saturated heterocycles. The van der Waals surface area contributed by atoms with Crippen molar-refractivity contribution in [2.45, 2.75) is 38.1 Å². The first-order valence-electron chi connectivity index (χ1n) is 4.54. The fourth-order valence-corrected chi connectivity index (χ4v) is 1.76. The van der Waals surface area contributed by atoms with Gasteiger partial charge in [0.25, 0.3) is 6.29 Å². The summed E-state index contributed by atoms with van der Waals surface area (Å²) in [5.74, 6) is 0.138. The maximum absolute atomic E-state index is 9.40. The number of nitrogens with zero attached hydrogens (tertiary/aromatic N) is 1. The predicted molar refractivity (Wildman–Crippen MR) is 48.2 cm³/mol. The second-order valence-electron chi connectivity index (χ2n) is 3.37. The molecule has 1 unspecified atom stereocenters. The Morgan fingerprint density at radius 2 is 2.00 bits per heavy atom. The van der Waals surface area contributed by atoms with Crippen LogP contribution in [0.3, 0.4) is 0 Å². The molecule has 1 aliphatic rings. The zero-order valence-corrected chi connectivity index (χ0v) is 7.85. The van der Waals surface area contributed by atoms with Gasteiger partial charge in [0.1, 0.15) is 0 Å². The molecule has 1 saturated carbocycles. The molecule has 0 aromatic rings. The Bertz CT molecular complexity index is 182. The summed E-state index contributed by atoms with van der Waals surface area (Å²) in [5.41, 5.74) is 0. The van der Waals surface area contributed by atoms with Gasteiger partial charge in [0.15, 0.2) is 0 Å². The first-order valence-corrected chi connectivity index (χ1v) is 4.54. The van der Waals surface area contributed by atoms with E-state index in [1.807, 2.05) is 0 Å². The van der Waals surface area contributed by atoms with Crippen LogP contribution in [0.1, 0.15) is 25.7 Å². The number of hydrogen-bond donors (Lipinski definition) is 1. The van der Waals surface area contributed by atoms with Crippen LogP contribution in [0, 0.1) is 12.5 Å². The first kappa shape index (κ1) is 10.3. The molecule has 0 heterocycles. The van der Waals surface area contributed by atoms with Crippen molar-refractivity contribution < 1.29 is 14.7 Å². The highest BCUT2D eigenvalue weighted by Crippen LogP contribution is 2.28. The van der Waals surface area contributed by atoms with Gasteiger partial charge in [-0.25, -0.2) is 0 Å². The van der Waals surface area contributed by atoms with Crippen LogP contribution in [0.5, 0.6) is 0 Å². The van der Waals surface area contributed by atoms with Gasteiger partial charge in [-0.1, -0.05) is 0 Å². The topological polar surface area (TPSA) is 43.0 Å². The maximum Gasteiger partial charge on any atom is 0.335 e. The van der Waals surface area contributed by atoms with Gasteiger partial charge in [0, 0.05) is 13.0 Å². The van der Waals surface area contributed by atoms with Crippen LogP contribution < -0.4 is 0 Å². The number of methoxy groups -OCH3 is 1. The third kappa shape index (κ3) is 2.87. The minimum Gasteiger partial charge on any atom is -0.381 e. The van der Waals surface area contributed by atoms with E-state index in [-0.39, 0.29) is 5.92 Å². The number of rotatable bonds is 3. The minimum atomic E-state index is -0.859. The SMILES string of the molecule is C#[N+]OC(O)C1CCC(OC)CC1. The van der Waals surface area contributed by atoms with Gasteiger partial charge in [0.2, 0.25) is 5.01 Å². The summed E-state index contributed by atoms with van der Waals surface area (Å²) in [6, 6.07) is 0. The van der Waals surface area contributed by atoms with Crippen LogP contribution in [0.4, 0.5) is 0 Å². The maximum atomic E-state index is 9.40. The number of aliphatic hydroxyl groups is 1. The largest absolute Gasteiger partial charge is 0.381 e. The molecule has 0 bridgehead atoms. The van der Waals surface area contributed by atoms with Crippen molar-refractivity contribution in [3.8, 4) is 6.57 Å². The van der Waals surface area contributed by atoms with E-state index in [2.05, 4.69) is 9.85 Å². The Kier molecular flexibility index (Phi) is 4.00. The summed E-state index contributed by atoms with van der Waals surface area (Å²) in [6.45, 7) is 4.81. The fraction of sp³-hybridized carbons (Fsp3) is 0.889. The van der Waals surface area contributed by atoms with E-state index in [0.29, 0.717) is 6.10 Å². The van der Waals surface area contributed by atoms with E-state index >= 15 is 0 Å². The van der Waals surface area contributed by atoms with Gasteiger partial charge in [-0.15, -0.1) is 4.84 Å². The van der Waals surface area contributed by atoms with Crippen molar-refractivity contribution in [3.63, 3.8) is 0 Å². The molecule has 0 aromatic heterocycles. The standard InChI is InChI=1S/C9H16NO3/c1-10-13-9(11)7-3-5-8(12-2)6-4-7/h1,7-9,11H,3-6H2,2H3/q+1. The summed E-state index contributed by atoms with van der Waals surface area (Å²) in [7, 11) is 1.72. The molecular formula is C9H16NO3+. The van der Waals surface area contributed by atoms with Crippen LogP contribution in [0.25, 0.3) is 5.01 Å². The van der Waals surface area contributed by atoms with Gasteiger partial charge < -0.3 is 9.84 Å². The third-order valence-electron chi connectivity index (χ3n) is 2.62. The highest BCUT2D eigenvalue weighted by molar-refractivity contribution is 4.74. The fourth-order valence-electron chi connectivity index (χ4n) is 1.76. The molecule has 13 heavy (non-hydrogen) atoms. The van der Waals surface area contributed by atoms with Crippen LogP contribution in [-0.4, -0.2) is 24.6 Å². The zero-order chi connectivity index (χ0) is 9.68. The van der Waals surface area contributed by atoms with Crippen LogP contribution in [0.15, 0.2) is 0 Å². The van der Waals surface area contributed by atoms with E-state index in [0.717, 1.165) is 25.7 Å². The Labute approximate surface area is 78.2 Å². The molecule has 0 aromatic carbocycles. The number of hydrogen-bond acceptors (Lipinski definition) is 3. The quantitative estimate of drug-likeness (QED) is 0.535. The second kappa shape index (κ2) is 5.05. The number of ether oxygens (including phenoxy) is 1. The third-order valence-corrected chi connectivity index (χ3v) is 2.62. The molecule has 1 rings (SSSR count). The summed E-state index contributed by atoms with van der Waals surface area (Å²) in [4.78, 5) is 4.57. The Hall–Kier alpha value is -0.790. The van der Waals surface area contributed by atoms with E-state index in [4.69, 9.17) is 11.3 Å². The minimum absolute atomic E-state index is 0.138. The number of aliphatic hydroxyl groups excluding tert-OH is 1. The van der Waals surface area contributed by atoms with Gasteiger partial charge in [-0.3, -0.25) is 0 Å². The summed E-state index contributed by atoms with van der Waals surface area (Å²) in [6.07, 6.45) is 3.20. The zero-order valence-electron chi connectivity index (χ0n) is 7.85. The second-order valence-corrected chi connectivity index (χ2v) is 3.37. The van der Waals surface area contributed by atoms with Crippen molar-refractivity contribution in [1.82, 2.24) is 0 Å². The van der Waals surface area contributed by atoms with Crippen molar-refractivity contribution in [2.75, 3.05) is 7.11 Å². The molecule has 0 spiro atoms. The van der Waals surface area contributed by atoms with Gasteiger partial charge in [-0.05, 0) is 25.7 Å². The molecule has 1 aliphatic carbocycles. The molecule has 1 fully saturated rings. The highest BCUT2D eigenvalue weighted by atomic mass is 16.7. The van der Waals surface area contributed by atoms with Crippen molar-refractivity contribution in [3.05, 3.63) is 5.01 Å². The van der Waals surface area contributed by atoms with Crippen LogP contribution in [-0.2, 0) is 9.57 Å². The Morgan fingerprint density at radius 1 is 1.38 bits per heavy atom. The molecule has 1 atom stereocenters. The molecule has 4 heteroatoms. The molecule has 0 aliphatic heterocycles. The van der Waals surface area contributed by atoms with Crippen LogP contribution >= 0.6 is 0 Å². The van der Waals surface area contributed by atoms with E-state index in [1.54, 1.807) is 7.11 Å². The van der Waals surface area contributed by atoms with Crippen molar-refractivity contribution in [1.29, 1.82) is 0 Å². The molecule has 0 amide bonds. The predicted octanol–water partition coefficient (Wildman–Crippen LogP) is 1.40. The van der Waals surface area contributed by atoms with Crippen LogP contribution in [0.2, 0.25) is 0 Å². The van der Waals surface area contributed by atoms with Gasteiger partial charge in [0.05, 0.1) is 6.10 Å². The molecule has 4 nitrogen and oxygen atoms in total. The first-order chi connectivity index (χ1) is 6.27. The average molecular weight is 186 g/mol. The highest BCUT2D eigenvalue weighted by Gasteiger charge is 2.29. The smallest absolute Gasteiger partial charge is 0.335 e. The lowest BCUT2D eigenvalue weighted by atomic mass is 9.87. The summed E-state index contributed by atoms with van der Waals surface area (Å²) in [5, 5.41) is 12.4.